The predicted molar refractivity (Wildman–Crippen MR) is 126 cm³/mol. The molecule has 0 radical (unpaired) electrons. The molecule has 0 aliphatic carbocycles. The monoisotopic (exact) mass is 468 g/mol. The van der Waals surface area contributed by atoms with E-state index in [0.29, 0.717) is 55.3 Å². The Hall–Kier alpha value is -3.83. The van der Waals surface area contributed by atoms with Crippen molar-refractivity contribution in [2.75, 3.05) is 41.9 Å². The molecule has 33 heavy (non-hydrogen) atoms. The summed E-state index contributed by atoms with van der Waals surface area (Å²) in [7, 11) is 0. The van der Waals surface area contributed by atoms with Gasteiger partial charge in [0.15, 0.2) is 0 Å². The highest BCUT2D eigenvalue weighted by atomic mass is 35.5. The second kappa shape index (κ2) is 10.7. The molecule has 2 aromatic carbocycles. The third-order valence-corrected chi connectivity index (χ3v) is 5.11. The molecule has 1 aliphatic rings. The Morgan fingerprint density at radius 3 is 2.64 bits per heavy atom. The van der Waals surface area contributed by atoms with Gasteiger partial charge in [0.05, 0.1) is 24.4 Å². The van der Waals surface area contributed by atoms with Crippen molar-refractivity contribution in [3.05, 3.63) is 74.8 Å². The Labute approximate surface area is 194 Å². The lowest BCUT2D eigenvalue weighted by Crippen LogP contribution is -2.37. The number of nitrogens with zero attached hydrogens (tertiary/aromatic N) is 6. The summed E-state index contributed by atoms with van der Waals surface area (Å²) in [4.78, 5) is 25.9. The number of nitro benzene ring substituents is 1. The van der Waals surface area contributed by atoms with Gasteiger partial charge in [0, 0.05) is 42.4 Å². The number of ether oxygens (including phenoxy) is 1. The maximum absolute atomic E-state index is 11.0. The van der Waals surface area contributed by atoms with Gasteiger partial charge in [0.2, 0.25) is 17.8 Å². The van der Waals surface area contributed by atoms with Crippen LogP contribution in [0.15, 0.2) is 53.6 Å². The number of non-ortho nitro benzene ring substituents is 1. The third kappa shape index (κ3) is 6.11. The van der Waals surface area contributed by atoms with E-state index in [9.17, 15) is 10.1 Å². The number of hydrazone groups is 1. The Balaban J connectivity index is 1.53. The van der Waals surface area contributed by atoms with Crippen LogP contribution in [0.1, 0.15) is 11.1 Å². The van der Waals surface area contributed by atoms with Crippen LogP contribution in [-0.2, 0) is 11.3 Å². The summed E-state index contributed by atoms with van der Waals surface area (Å²) in [5.41, 5.74) is 4.16. The summed E-state index contributed by atoms with van der Waals surface area (Å²) in [5, 5.41) is 18.7. The van der Waals surface area contributed by atoms with Gasteiger partial charge >= 0.3 is 0 Å². The molecule has 0 unspecified atom stereocenters. The summed E-state index contributed by atoms with van der Waals surface area (Å²) < 4.78 is 5.41. The number of nitrogens with one attached hydrogen (secondary N) is 2. The van der Waals surface area contributed by atoms with E-state index >= 15 is 0 Å². The fourth-order valence-electron chi connectivity index (χ4n) is 3.08. The van der Waals surface area contributed by atoms with Crippen molar-refractivity contribution in [1.29, 1.82) is 0 Å². The Morgan fingerprint density at radius 2 is 1.88 bits per heavy atom. The van der Waals surface area contributed by atoms with E-state index in [2.05, 4.69) is 30.8 Å². The number of aromatic nitrogens is 3. The average molecular weight is 469 g/mol. The molecule has 2 N–H and O–H groups in total. The SMILES string of the molecule is O=[N+]([O-])c1ccc(Cl)c(C=NNc2nc(NCc3ccccc3)nc(N3CCOCC3)n2)c1. The molecule has 1 fully saturated rings. The first-order valence-electron chi connectivity index (χ1n) is 10.2. The topological polar surface area (TPSA) is 131 Å². The van der Waals surface area contributed by atoms with Crippen LogP contribution in [0.25, 0.3) is 0 Å². The largest absolute Gasteiger partial charge is 0.378 e. The fourth-order valence-corrected chi connectivity index (χ4v) is 3.25. The molecular weight excluding hydrogens is 448 g/mol. The van der Waals surface area contributed by atoms with Crippen molar-refractivity contribution in [2.45, 2.75) is 6.54 Å². The minimum atomic E-state index is -0.494. The quantitative estimate of drug-likeness (QED) is 0.290. The highest BCUT2D eigenvalue weighted by Gasteiger charge is 2.16. The zero-order valence-corrected chi connectivity index (χ0v) is 18.3. The lowest BCUT2D eigenvalue weighted by molar-refractivity contribution is -0.384. The summed E-state index contributed by atoms with van der Waals surface area (Å²) in [6.45, 7) is 3.04. The maximum atomic E-state index is 11.0. The molecule has 4 rings (SSSR count). The molecule has 3 aromatic rings. The van der Waals surface area contributed by atoms with E-state index in [1.807, 2.05) is 35.2 Å². The molecule has 0 bridgehead atoms. The van der Waals surface area contributed by atoms with Crippen LogP contribution in [0, 0.1) is 10.1 Å². The van der Waals surface area contributed by atoms with Crippen molar-refractivity contribution in [3.63, 3.8) is 0 Å². The normalized spacial score (nSPS) is 13.8. The molecule has 2 heterocycles. The molecule has 0 spiro atoms. The average Bonchev–Trinajstić information content (AvgIpc) is 2.85. The summed E-state index contributed by atoms with van der Waals surface area (Å²) in [6, 6.07) is 14.0. The van der Waals surface area contributed by atoms with Crippen molar-refractivity contribution >= 4 is 41.3 Å². The molecule has 0 amide bonds. The number of halogens is 1. The van der Waals surface area contributed by atoms with Crippen LogP contribution >= 0.6 is 11.6 Å². The van der Waals surface area contributed by atoms with E-state index in [4.69, 9.17) is 16.3 Å². The van der Waals surface area contributed by atoms with Gasteiger partial charge in [-0.2, -0.15) is 20.1 Å². The second-order valence-electron chi connectivity index (χ2n) is 7.05. The van der Waals surface area contributed by atoms with Gasteiger partial charge in [0.25, 0.3) is 5.69 Å². The zero-order valence-electron chi connectivity index (χ0n) is 17.5. The fraction of sp³-hybridized carbons (Fsp3) is 0.238. The zero-order chi connectivity index (χ0) is 23.0. The Bertz CT molecular complexity index is 1140. The number of anilines is 3. The van der Waals surface area contributed by atoms with E-state index in [-0.39, 0.29) is 11.6 Å². The lowest BCUT2D eigenvalue weighted by atomic mass is 10.2. The first-order chi connectivity index (χ1) is 16.1. The van der Waals surface area contributed by atoms with E-state index in [1.54, 1.807) is 0 Å². The Morgan fingerprint density at radius 1 is 1.12 bits per heavy atom. The van der Waals surface area contributed by atoms with Crippen LogP contribution in [0.5, 0.6) is 0 Å². The second-order valence-corrected chi connectivity index (χ2v) is 7.46. The van der Waals surface area contributed by atoms with Crippen molar-refractivity contribution in [1.82, 2.24) is 15.0 Å². The van der Waals surface area contributed by atoms with Gasteiger partial charge in [-0.25, -0.2) is 5.43 Å². The van der Waals surface area contributed by atoms with Gasteiger partial charge in [-0.1, -0.05) is 41.9 Å². The minimum Gasteiger partial charge on any atom is -0.378 e. The molecular formula is C21H21ClN8O3. The first-order valence-corrected chi connectivity index (χ1v) is 10.6. The number of benzene rings is 2. The van der Waals surface area contributed by atoms with Crippen LogP contribution in [0.3, 0.4) is 0 Å². The number of morpholine rings is 1. The highest BCUT2D eigenvalue weighted by Crippen LogP contribution is 2.21. The molecule has 1 aromatic heterocycles. The van der Waals surface area contributed by atoms with E-state index < -0.39 is 4.92 Å². The number of hydrogen-bond acceptors (Lipinski definition) is 10. The standard InChI is InChI=1S/C21H21ClN8O3/c22-18-7-6-17(30(31)32)12-16(18)14-24-28-20-25-19(23-13-15-4-2-1-3-5-15)26-21(27-20)29-8-10-33-11-9-29/h1-7,12,14H,8-11,13H2,(H2,23,25,26,27,28). The van der Waals surface area contributed by atoms with Gasteiger partial charge in [0.1, 0.15) is 0 Å². The van der Waals surface area contributed by atoms with Crippen molar-refractivity contribution in [3.8, 4) is 0 Å². The summed E-state index contributed by atoms with van der Waals surface area (Å²) in [6.07, 6.45) is 1.38. The molecule has 0 saturated carbocycles. The number of nitro groups is 1. The summed E-state index contributed by atoms with van der Waals surface area (Å²) >= 11 is 6.12. The third-order valence-electron chi connectivity index (χ3n) is 4.77. The van der Waals surface area contributed by atoms with Gasteiger partial charge < -0.3 is 15.0 Å². The van der Waals surface area contributed by atoms with E-state index in [0.717, 1.165) is 5.56 Å². The molecule has 11 nitrogen and oxygen atoms in total. The van der Waals surface area contributed by atoms with Crippen LogP contribution in [-0.4, -0.2) is 52.4 Å². The molecule has 1 saturated heterocycles. The predicted octanol–water partition coefficient (Wildman–Crippen LogP) is 3.33. The number of hydrogen-bond donors (Lipinski definition) is 2. The minimum absolute atomic E-state index is 0.0805. The van der Waals surface area contributed by atoms with Crippen LogP contribution in [0.4, 0.5) is 23.5 Å². The van der Waals surface area contributed by atoms with Gasteiger partial charge in [-0.3, -0.25) is 10.1 Å². The smallest absolute Gasteiger partial charge is 0.270 e. The molecule has 0 atom stereocenters. The van der Waals surface area contributed by atoms with Crippen LogP contribution < -0.4 is 15.6 Å². The Kier molecular flexibility index (Phi) is 7.22. The molecule has 1 aliphatic heterocycles. The van der Waals surface area contributed by atoms with E-state index in [1.165, 1.54) is 24.4 Å². The van der Waals surface area contributed by atoms with Crippen molar-refractivity contribution in [2.24, 2.45) is 5.10 Å². The number of rotatable bonds is 8. The molecule has 170 valence electrons. The highest BCUT2D eigenvalue weighted by molar-refractivity contribution is 6.33. The van der Waals surface area contributed by atoms with Gasteiger partial charge in [-0.15, -0.1) is 0 Å². The van der Waals surface area contributed by atoms with Gasteiger partial charge in [-0.05, 0) is 11.6 Å². The first kappa shape index (κ1) is 22.4. The van der Waals surface area contributed by atoms with Crippen LogP contribution in [0.2, 0.25) is 5.02 Å². The summed E-state index contributed by atoms with van der Waals surface area (Å²) in [5.74, 6) is 1.11. The lowest BCUT2D eigenvalue weighted by Gasteiger charge is -2.27. The maximum Gasteiger partial charge on any atom is 0.270 e. The molecule has 12 heteroatoms. The van der Waals surface area contributed by atoms with Crippen molar-refractivity contribution < 1.29 is 9.66 Å².